The van der Waals surface area contributed by atoms with Gasteiger partial charge in [-0.15, -0.1) is 4.91 Å². The third kappa shape index (κ3) is 2.26. The first-order valence-corrected chi connectivity index (χ1v) is 6.92. The number of ether oxygens (including phenoxy) is 5. The van der Waals surface area contributed by atoms with Gasteiger partial charge in [-0.1, -0.05) is 11.6 Å². The van der Waals surface area contributed by atoms with E-state index in [1.807, 2.05) is 0 Å². The molecule has 0 aromatic heterocycles. The maximum absolute atomic E-state index is 11.1. The minimum absolute atomic E-state index is 0.330. The zero-order chi connectivity index (χ0) is 14.8. The van der Waals surface area contributed by atoms with Crippen molar-refractivity contribution in [3.63, 3.8) is 0 Å². The summed E-state index contributed by atoms with van der Waals surface area (Å²) in [6, 6.07) is 0. The summed E-state index contributed by atoms with van der Waals surface area (Å²) in [5, 5.41) is 1.09. The molecule has 0 aromatic rings. The van der Waals surface area contributed by atoms with Crippen molar-refractivity contribution in [3.05, 3.63) is 4.91 Å². The first-order valence-electron chi connectivity index (χ1n) is 6.54. The molecule has 0 radical (unpaired) electrons. The van der Waals surface area contributed by atoms with E-state index in [4.69, 9.17) is 35.3 Å². The number of fused-ring (bicyclic) bond motifs is 1. The molecule has 3 aliphatic heterocycles. The van der Waals surface area contributed by atoms with Gasteiger partial charge in [0.1, 0.15) is 18.3 Å². The van der Waals surface area contributed by atoms with Crippen molar-refractivity contribution in [2.45, 2.75) is 68.9 Å². The van der Waals surface area contributed by atoms with Crippen molar-refractivity contribution < 1.29 is 23.7 Å². The van der Waals surface area contributed by atoms with Crippen molar-refractivity contribution in [2.75, 3.05) is 6.61 Å². The summed E-state index contributed by atoms with van der Waals surface area (Å²) in [4.78, 5) is 11.1. The van der Waals surface area contributed by atoms with Gasteiger partial charge in [-0.3, -0.25) is 0 Å². The lowest BCUT2D eigenvalue weighted by atomic mass is 10.1. The van der Waals surface area contributed by atoms with Crippen LogP contribution in [0.4, 0.5) is 0 Å². The normalized spacial score (nSPS) is 49.2. The Hall–Kier alpha value is -0.310. The number of halogens is 1. The summed E-state index contributed by atoms with van der Waals surface area (Å²) >= 11 is 6.12. The summed E-state index contributed by atoms with van der Waals surface area (Å²) in [7, 11) is 0. The van der Waals surface area contributed by atoms with E-state index in [2.05, 4.69) is 5.18 Å². The minimum atomic E-state index is -1.79. The average Bonchev–Trinajstić information content (AvgIpc) is 2.92. The SMILES string of the molecule is CC1(C)OC[C@@H]([C@@H]2OC(Cl)(N=O)[C@@H]3OC(C)(C)O[C@H]23)O1. The van der Waals surface area contributed by atoms with Crippen LogP contribution in [-0.2, 0) is 23.7 Å². The van der Waals surface area contributed by atoms with Crippen LogP contribution in [0.5, 0.6) is 0 Å². The topological polar surface area (TPSA) is 75.6 Å². The highest BCUT2D eigenvalue weighted by Gasteiger charge is 2.66. The molecule has 20 heavy (non-hydrogen) atoms. The molecule has 1 unspecified atom stereocenters. The highest BCUT2D eigenvalue weighted by Crippen LogP contribution is 2.48. The lowest BCUT2D eigenvalue weighted by Crippen LogP contribution is -2.40. The monoisotopic (exact) mass is 307 g/mol. The Balaban J connectivity index is 1.84. The maximum atomic E-state index is 11.1. The van der Waals surface area contributed by atoms with Gasteiger partial charge in [-0.25, -0.2) is 0 Å². The summed E-state index contributed by atoms with van der Waals surface area (Å²) in [5.41, 5.74) is 0. The van der Waals surface area contributed by atoms with Crippen molar-refractivity contribution in [2.24, 2.45) is 5.18 Å². The van der Waals surface area contributed by atoms with E-state index in [-0.39, 0.29) is 0 Å². The zero-order valence-electron chi connectivity index (χ0n) is 11.8. The Kier molecular flexibility index (Phi) is 3.18. The van der Waals surface area contributed by atoms with Crippen LogP contribution < -0.4 is 0 Å². The van der Waals surface area contributed by atoms with Crippen LogP contribution in [-0.4, -0.2) is 47.8 Å². The summed E-state index contributed by atoms with van der Waals surface area (Å²) < 4.78 is 28.3. The van der Waals surface area contributed by atoms with Crippen LogP contribution >= 0.6 is 11.6 Å². The van der Waals surface area contributed by atoms with Crippen molar-refractivity contribution in [1.82, 2.24) is 0 Å². The van der Waals surface area contributed by atoms with Crippen LogP contribution in [0.15, 0.2) is 5.18 Å². The quantitative estimate of drug-likeness (QED) is 0.439. The molecule has 8 heteroatoms. The molecule has 3 rings (SSSR count). The van der Waals surface area contributed by atoms with Gasteiger partial charge < -0.3 is 23.7 Å². The predicted molar refractivity (Wildman–Crippen MR) is 68.0 cm³/mol. The molecule has 0 bridgehead atoms. The highest BCUT2D eigenvalue weighted by molar-refractivity contribution is 6.23. The number of nitroso groups, excluding NO2 is 1. The molecule has 0 N–H and O–H groups in total. The van der Waals surface area contributed by atoms with E-state index >= 15 is 0 Å². The van der Waals surface area contributed by atoms with Gasteiger partial charge in [0, 0.05) is 0 Å². The number of hydrogen-bond donors (Lipinski definition) is 0. The Bertz CT molecular complexity index is 430. The fourth-order valence-corrected chi connectivity index (χ4v) is 3.14. The van der Waals surface area contributed by atoms with Crippen LogP contribution in [0.25, 0.3) is 0 Å². The number of alkyl halides is 1. The molecule has 114 valence electrons. The van der Waals surface area contributed by atoms with E-state index in [9.17, 15) is 4.91 Å². The number of nitrogens with zero attached hydrogens (tertiary/aromatic N) is 1. The molecule has 5 atom stereocenters. The lowest BCUT2D eigenvalue weighted by Gasteiger charge is -2.27. The second-order valence-electron chi connectivity index (χ2n) is 6.17. The van der Waals surface area contributed by atoms with Crippen LogP contribution in [0.2, 0.25) is 0 Å². The molecule has 0 aromatic carbocycles. The first kappa shape index (κ1) is 14.6. The maximum Gasteiger partial charge on any atom is 0.306 e. The molecule has 0 aliphatic carbocycles. The van der Waals surface area contributed by atoms with E-state index in [0.29, 0.717) is 6.61 Å². The Morgan fingerprint density at radius 3 is 2.25 bits per heavy atom. The third-order valence-corrected chi connectivity index (χ3v) is 4.00. The lowest BCUT2D eigenvalue weighted by molar-refractivity contribution is -0.211. The van der Waals surface area contributed by atoms with Crippen LogP contribution in [0.3, 0.4) is 0 Å². The first-order chi connectivity index (χ1) is 9.16. The van der Waals surface area contributed by atoms with E-state index in [1.54, 1.807) is 27.7 Å². The molecular weight excluding hydrogens is 290 g/mol. The van der Waals surface area contributed by atoms with Gasteiger partial charge in [0.05, 0.1) is 6.61 Å². The smallest absolute Gasteiger partial charge is 0.306 e. The number of rotatable bonds is 2. The zero-order valence-corrected chi connectivity index (χ0v) is 12.5. The molecule has 0 amide bonds. The van der Waals surface area contributed by atoms with E-state index in [0.717, 1.165) is 0 Å². The molecule has 3 heterocycles. The average molecular weight is 308 g/mol. The Labute approximate surface area is 121 Å². The minimum Gasteiger partial charge on any atom is -0.348 e. The molecule has 7 nitrogen and oxygen atoms in total. The summed E-state index contributed by atoms with van der Waals surface area (Å²) in [6.07, 6.45) is -2.26. The third-order valence-electron chi connectivity index (χ3n) is 3.63. The molecule has 0 saturated carbocycles. The van der Waals surface area contributed by atoms with Gasteiger partial charge >= 0.3 is 5.18 Å². The molecule has 3 fully saturated rings. The largest absolute Gasteiger partial charge is 0.348 e. The van der Waals surface area contributed by atoms with Crippen molar-refractivity contribution >= 4 is 11.6 Å². The molecular formula is C12H18ClNO6. The van der Waals surface area contributed by atoms with Crippen molar-refractivity contribution in [3.8, 4) is 0 Å². The summed E-state index contributed by atoms with van der Waals surface area (Å²) in [5.74, 6) is -1.55. The highest BCUT2D eigenvalue weighted by atomic mass is 35.5. The second kappa shape index (κ2) is 4.34. The standard InChI is InChI=1S/C12H18ClNO6/c1-10(2)16-5-6(17-10)7-8-9(12(13,14-15)19-7)20-11(3,4)18-8/h6-9H,5H2,1-4H3/t6-,7-,8+,9+,12?/m0/s1. The molecule has 3 saturated heterocycles. The van der Waals surface area contributed by atoms with Crippen molar-refractivity contribution in [1.29, 1.82) is 0 Å². The number of hydrogen-bond acceptors (Lipinski definition) is 7. The Morgan fingerprint density at radius 2 is 1.70 bits per heavy atom. The fourth-order valence-electron chi connectivity index (χ4n) is 2.87. The van der Waals surface area contributed by atoms with E-state index < -0.39 is 41.2 Å². The van der Waals surface area contributed by atoms with Gasteiger partial charge in [0.2, 0.25) is 0 Å². The van der Waals surface area contributed by atoms with Gasteiger partial charge in [-0.05, 0) is 32.9 Å². The molecule has 3 aliphatic rings. The summed E-state index contributed by atoms with van der Waals surface area (Å²) in [6.45, 7) is 7.44. The predicted octanol–water partition coefficient (Wildman–Crippen LogP) is 1.72. The van der Waals surface area contributed by atoms with E-state index in [1.165, 1.54) is 0 Å². The Morgan fingerprint density at radius 1 is 1.00 bits per heavy atom. The van der Waals surface area contributed by atoms with Gasteiger partial charge in [-0.2, -0.15) is 0 Å². The fraction of sp³-hybridized carbons (Fsp3) is 1.00. The molecule has 0 spiro atoms. The van der Waals surface area contributed by atoms with Gasteiger partial charge in [0.15, 0.2) is 17.7 Å². The van der Waals surface area contributed by atoms with Gasteiger partial charge in [0.25, 0.3) is 0 Å². The van der Waals surface area contributed by atoms with Crippen LogP contribution in [0, 0.1) is 4.91 Å². The second-order valence-corrected chi connectivity index (χ2v) is 6.71. The van der Waals surface area contributed by atoms with Crippen LogP contribution in [0.1, 0.15) is 27.7 Å².